The molecule has 0 saturated carbocycles. The lowest BCUT2D eigenvalue weighted by atomic mass is 10.0. The Kier molecular flexibility index (Phi) is 9.98. The first kappa shape index (κ1) is 32.3. The van der Waals surface area contributed by atoms with Crippen LogP contribution in [0.2, 0.25) is 0 Å². The SMILES string of the molecule is CC(C)CN(C[C@@H](O)[C@H](Cc1ccccc1)NC(=O)O[C@H]1CCOC1)S(=O)(=O)c1ccc(N2C(=O)c3ccccc3C2=O)cc1. The van der Waals surface area contributed by atoms with Gasteiger partial charge in [0.15, 0.2) is 0 Å². The molecule has 3 atom stereocenters. The molecule has 3 aromatic rings. The Labute approximate surface area is 262 Å². The minimum absolute atomic E-state index is 0.0658. The fourth-order valence-electron chi connectivity index (χ4n) is 5.45. The predicted octanol–water partition coefficient (Wildman–Crippen LogP) is 3.62. The zero-order valence-corrected chi connectivity index (χ0v) is 26.0. The first-order valence-electron chi connectivity index (χ1n) is 14.9. The number of benzene rings is 3. The van der Waals surface area contributed by atoms with Crippen molar-refractivity contribution in [2.24, 2.45) is 5.92 Å². The molecule has 2 heterocycles. The van der Waals surface area contributed by atoms with E-state index in [2.05, 4.69) is 5.32 Å². The molecule has 11 nitrogen and oxygen atoms in total. The number of carbonyl (C=O) groups excluding carboxylic acids is 3. The number of aliphatic hydroxyl groups is 1. The van der Waals surface area contributed by atoms with E-state index in [-0.39, 0.29) is 53.2 Å². The summed E-state index contributed by atoms with van der Waals surface area (Å²) in [6.07, 6.45) is -1.58. The number of alkyl carbamates (subject to hydrolysis) is 1. The van der Waals surface area contributed by atoms with E-state index in [9.17, 15) is 27.9 Å². The third-order valence-corrected chi connectivity index (χ3v) is 9.56. The maximum atomic E-state index is 13.9. The van der Waals surface area contributed by atoms with Crippen LogP contribution in [0, 0.1) is 5.92 Å². The number of aliphatic hydroxyl groups excluding tert-OH is 1. The summed E-state index contributed by atoms with van der Waals surface area (Å²) in [7, 11) is -4.14. The number of hydrogen-bond acceptors (Lipinski definition) is 8. The molecule has 0 unspecified atom stereocenters. The fourth-order valence-corrected chi connectivity index (χ4v) is 7.07. The van der Waals surface area contributed by atoms with E-state index in [1.54, 1.807) is 24.3 Å². The number of amides is 3. The summed E-state index contributed by atoms with van der Waals surface area (Å²) >= 11 is 0. The molecule has 3 amide bonds. The van der Waals surface area contributed by atoms with E-state index in [0.29, 0.717) is 19.6 Å². The van der Waals surface area contributed by atoms with Gasteiger partial charge in [-0.25, -0.2) is 18.1 Å². The minimum Gasteiger partial charge on any atom is -0.444 e. The van der Waals surface area contributed by atoms with Crippen molar-refractivity contribution >= 4 is 33.6 Å². The molecule has 2 aliphatic heterocycles. The molecule has 0 aliphatic carbocycles. The van der Waals surface area contributed by atoms with Crippen LogP contribution in [0.15, 0.2) is 83.8 Å². The van der Waals surface area contributed by atoms with E-state index < -0.39 is 40.1 Å². The van der Waals surface area contributed by atoms with Gasteiger partial charge in [0.2, 0.25) is 10.0 Å². The highest BCUT2D eigenvalue weighted by Crippen LogP contribution is 2.30. The third kappa shape index (κ3) is 7.42. The Morgan fingerprint density at radius 3 is 2.18 bits per heavy atom. The molecule has 0 radical (unpaired) electrons. The zero-order chi connectivity index (χ0) is 32.1. The van der Waals surface area contributed by atoms with Gasteiger partial charge in [-0.1, -0.05) is 56.3 Å². The van der Waals surface area contributed by atoms with Gasteiger partial charge in [-0.15, -0.1) is 0 Å². The van der Waals surface area contributed by atoms with Gasteiger partial charge in [0, 0.05) is 19.5 Å². The van der Waals surface area contributed by atoms with Crippen LogP contribution < -0.4 is 10.2 Å². The van der Waals surface area contributed by atoms with Gasteiger partial charge in [-0.3, -0.25) is 9.59 Å². The number of sulfonamides is 1. The topological polar surface area (TPSA) is 143 Å². The number of ether oxygens (including phenoxy) is 2. The number of anilines is 1. The zero-order valence-electron chi connectivity index (χ0n) is 25.2. The monoisotopic (exact) mass is 635 g/mol. The van der Waals surface area contributed by atoms with Gasteiger partial charge in [0.1, 0.15) is 6.10 Å². The number of nitrogens with one attached hydrogen (secondary N) is 1. The Bertz CT molecular complexity index is 1590. The number of fused-ring (bicyclic) bond motifs is 1. The first-order chi connectivity index (χ1) is 21.5. The number of nitrogens with zero attached hydrogens (tertiary/aromatic N) is 2. The quantitative estimate of drug-likeness (QED) is 0.288. The molecule has 5 rings (SSSR count). The molecule has 2 aliphatic rings. The maximum Gasteiger partial charge on any atom is 0.407 e. The highest BCUT2D eigenvalue weighted by Gasteiger charge is 2.37. The second-order valence-corrected chi connectivity index (χ2v) is 13.5. The standard InChI is InChI=1S/C33H37N3O8S/c1-22(2)19-35(20-30(37)29(18-23-8-4-3-5-9-23)34-33(40)44-25-16-17-43-21-25)45(41,42)26-14-12-24(13-15-26)36-31(38)27-10-6-7-11-28(27)32(36)39/h3-15,22,25,29-30,37H,16-21H2,1-2H3,(H,34,40)/t25-,29-,30+/m0/s1. The van der Waals surface area contributed by atoms with Crippen molar-refractivity contribution in [3.63, 3.8) is 0 Å². The molecule has 0 aromatic heterocycles. The normalized spacial score (nSPS) is 17.9. The summed E-state index contributed by atoms with van der Waals surface area (Å²) in [6.45, 7) is 4.31. The molecule has 45 heavy (non-hydrogen) atoms. The van der Waals surface area contributed by atoms with E-state index in [1.807, 2.05) is 44.2 Å². The molecule has 1 fully saturated rings. The van der Waals surface area contributed by atoms with Crippen molar-refractivity contribution in [2.45, 2.75) is 49.8 Å². The Hall–Kier alpha value is -4.10. The van der Waals surface area contributed by atoms with E-state index in [0.717, 1.165) is 10.5 Å². The van der Waals surface area contributed by atoms with Crippen LogP contribution in [0.25, 0.3) is 0 Å². The van der Waals surface area contributed by atoms with Crippen molar-refractivity contribution in [3.8, 4) is 0 Å². The minimum atomic E-state index is -4.14. The van der Waals surface area contributed by atoms with E-state index in [1.165, 1.54) is 28.6 Å². The smallest absolute Gasteiger partial charge is 0.407 e. The van der Waals surface area contributed by atoms with Crippen molar-refractivity contribution in [2.75, 3.05) is 31.2 Å². The lowest BCUT2D eigenvalue weighted by Gasteiger charge is -2.31. The maximum absolute atomic E-state index is 13.9. The molecule has 3 aromatic carbocycles. The Morgan fingerprint density at radius 2 is 1.60 bits per heavy atom. The van der Waals surface area contributed by atoms with E-state index in [4.69, 9.17) is 9.47 Å². The molecular weight excluding hydrogens is 598 g/mol. The summed E-state index contributed by atoms with van der Waals surface area (Å²) in [4.78, 5) is 39.5. The van der Waals surface area contributed by atoms with Gasteiger partial charge in [0.05, 0.1) is 47.1 Å². The van der Waals surface area contributed by atoms with Gasteiger partial charge < -0.3 is 19.9 Å². The van der Waals surface area contributed by atoms with Gasteiger partial charge in [0.25, 0.3) is 11.8 Å². The third-order valence-electron chi connectivity index (χ3n) is 7.71. The lowest BCUT2D eigenvalue weighted by Crippen LogP contribution is -2.51. The van der Waals surface area contributed by atoms with Crippen molar-refractivity contribution < 1.29 is 37.4 Å². The predicted molar refractivity (Wildman–Crippen MR) is 166 cm³/mol. The highest BCUT2D eigenvalue weighted by molar-refractivity contribution is 7.89. The Morgan fingerprint density at radius 1 is 0.978 bits per heavy atom. The average molecular weight is 636 g/mol. The number of rotatable bonds is 12. The number of imide groups is 1. The summed E-state index contributed by atoms with van der Waals surface area (Å²) in [5, 5.41) is 14.2. The average Bonchev–Trinajstić information content (AvgIpc) is 3.62. The van der Waals surface area contributed by atoms with Gasteiger partial charge in [-0.2, -0.15) is 4.31 Å². The van der Waals surface area contributed by atoms with Crippen LogP contribution >= 0.6 is 0 Å². The lowest BCUT2D eigenvalue weighted by molar-refractivity contribution is 0.0644. The van der Waals surface area contributed by atoms with Crippen LogP contribution in [0.3, 0.4) is 0 Å². The van der Waals surface area contributed by atoms with Crippen LogP contribution in [0.1, 0.15) is 46.5 Å². The molecule has 0 spiro atoms. The van der Waals surface area contributed by atoms with Gasteiger partial charge in [-0.05, 0) is 54.3 Å². The summed E-state index contributed by atoms with van der Waals surface area (Å²) in [5.74, 6) is -1.05. The summed E-state index contributed by atoms with van der Waals surface area (Å²) in [5.41, 5.74) is 1.66. The van der Waals surface area contributed by atoms with Crippen molar-refractivity contribution in [1.82, 2.24) is 9.62 Å². The second-order valence-electron chi connectivity index (χ2n) is 11.6. The molecule has 238 valence electrons. The molecule has 0 bridgehead atoms. The molecule has 1 saturated heterocycles. The highest BCUT2D eigenvalue weighted by atomic mass is 32.2. The fraction of sp³-hybridized carbons (Fsp3) is 0.364. The number of hydrogen-bond donors (Lipinski definition) is 2. The Balaban J connectivity index is 1.35. The molecule has 12 heteroatoms. The van der Waals surface area contributed by atoms with Crippen molar-refractivity contribution in [1.29, 1.82) is 0 Å². The second kappa shape index (κ2) is 13.9. The van der Waals surface area contributed by atoms with E-state index >= 15 is 0 Å². The van der Waals surface area contributed by atoms with Crippen molar-refractivity contribution in [3.05, 3.63) is 95.6 Å². The largest absolute Gasteiger partial charge is 0.444 e. The first-order valence-corrected chi connectivity index (χ1v) is 16.3. The van der Waals surface area contributed by atoms with Crippen LogP contribution in [0.5, 0.6) is 0 Å². The van der Waals surface area contributed by atoms with Crippen LogP contribution in [-0.4, -0.2) is 80.3 Å². The van der Waals surface area contributed by atoms with Crippen LogP contribution in [0.4, 0.5) is 10.5 Å². The van der Waals surface area contributed by atoms with Gasteiger partial charge >= 0.3 is 6.09 Å². The number of carbonyl (C=O) groups is 3. The summed E-state index contributed by atoms with van der Waals surface area (Å²) in [6, 6.07) is 20.4. The molecular formula is C33H37N3O8S. The van der Waals surface area contributed by atoms with Crippen LogP contribution in [-0.2, 0) is 25.9 Å². The molecule has 2 N–H and O–H groups in total. The summed E-state index contributed by atoms with van der Waals surface area (Å²) < 4.78 is 39.8.